The third-order valence-electron chi connectivity index (χ3n) is 2.99. The van der Waals surface area contributed by atoms with E-state index in [9.17, 15) is 9.90 Å². The van der Waals surface area contributed by atoms with Crippen LogP contribution in [0.1, 0.15) is 24.5 Å². The molecule has 1 aromatic rings. The highest BCUT2D eigenvalue weighted by Gasteiger charge is 2.09. The number of carbonyl (C=O) groups is 1. The van der Waals surface area contributed by atoms with Crippen molar-refractivity contribution in [2.24, 2.45) is 0 Å². The second-order valence-electron chi connectivity index (χ2n) is 4.79. The van der Waals surface area contributed by atoms with Crippen molar-refractivity contribution in [1.29, 1.82) is 0 Å². The lowest BCUT2D eigenvalue weighted by Gasteiger charge is -2.19. The maximum absolute atomic E-state index is 11.9. The van der Waals surface area contributed by atoms with E-state index in [1.807, 2.05) is 32.0 Å². The Morgan fingerprint density at radius 2 is 2.06 bits per heavy atom. The van der Waals surface area contributed by atoms with Crippen LogP contribution in [0.4, 0.5) is 10.5 Å². The van der Waals surface area contributed by atoms with Crippen LogP contribution >= 0.6 is 0 Å². The Bertz CT molecular complexity index is 416. The molecule has 0 bridgehead atoms. The van der Waals surface area contributed by atoms with E-state index < -0.39 is 0 Å². The maximum Gasteiger partial charge on any atom is 0.321 e. The van der Waals surface area contributed by atoms with Gasteiger partial charge in [-0.05, 0) is 50.5 Å². The summed E-state index contributed by atoms with van der Waals surface area (Å²) in [5.74, 6) is 0. The van der Waals surface area contributed by atoms with E-state index >= 15 is 0 Å². The van der Waals surface area contributed by atoms with Crippen molar-refractivity contribution in [3.05, 3.63) is 29.3 Å². The molecule has 4 heteroatoms. The first-order valence-electron chi connectivity index (χ1n) is 6.17. The predicted octanol–water partition coefficient (Wildman–Crippen LogP) is 2.54. The molecule has 18 heavy (non-hydrogen) atoms. The standard InChI is InChI=1S/C14H22N2O2/c1-10-5-6-13(9-11(10)2)15-14(18)16(4)8-7-12(3)17/h5-6,9,12,17H,7-8H2,1-4H3,(H,15,18). The van der Waals surface area contributed by atoms with E-state index in [0.29, 0.717) is 13.0 Å². The molecule has 0 aliphatic heterocycles. The van der Waals surface area contributed by atoms with Gasteiger partial charge in [-0.2, -0.15) is 0 Å². The van der Waals surface area contributed by atoms with E-state index in [-0.39, 0.29) is 12.1 Å². The van der Waals surface area contributed by atoms with Crippen molar-refractivity contribution in [2.45, 2.75) is 33.3 Å². The second-order valence-corrected chi connectivity index (χ2v) is 4.79. The molecule has 0 heterocycles. The smallest absolute Gasteiger partial charge is 0.321 e. The minimum absolute atomic E-state index is 0.154. The summed E-state index contributed by atoms with van der Waals surface area (Å²) in [6.07, 6.45) is 0.193. The molecule has 0 aromatic heterocycles. The molecule has 2 amide bonds. The van der Waals surface area contributed by atoms with Gasteiger partial charge < -0.3 is 15.3 Å². The lowest BCUT2D eigenvalue weighted by Crippen LogP contribution is -2.33. The van der Waals surface area contributed by atoms with Gasteiger partial charge in [-0.25, -0.2) is 4.79 Å². The molecule has 4 nitrogen and oxygen atoms in total. The number of carbonyl (C=O) groups excluding carboxylic acids is 1. The van der Waals surface area contributed by atoms with Crippen molar-refractivity contribution < 1.29 is 9.90 Å². The van der Waals surface area contributed by atoms with Gasteiger partial charge in [-0.1, -0.05) is 6.07 Å². The number of nitrogens with zero attached hydrogens (tertiary/aromatic N) is 1. The molecule has 1 atom stereocenters. The van der Waals surface area contributed by atoms with Gasteiger partial charge in [0.1, 0.15) is 0 Å². The summed E-state index contributed by atoms with van der Waals surface area (Å²) >= 11 is 0. The van der Waals surface area contributed by atoms with Crippen molar-refractivity contribution in [3.63, 3.8) is 0 Å². The summed E-state index contributed by atoms with van der Waals surface area (Å²) in [5, 5.41) is 12.0. The maximum atomic E-state index is 11.9. The van der Waals surface area contributed by atoms with Crippen molar-refractivity contribution in [1.82, 2.24) is 4.90 Å². The van der Waals surface area contributed by atoms with Crippen LogP contribution < -0.4 is 5.32 Å². The Morgan fingerprint density at radius 1 is 1.39 bits per heavy atom. The highest BCUT2D eigenvalue weighted by molar-refractivity contribution is 5.89. The summed E-state index contributed by atoms with van der Waals surface area (Å²) in [6.45, 7) is 6.31. The molecule has 0 aliphatic rings. The molecule has 0 fully saturated rings. The summed E-state index contributed by atoms with van der Waals surface area (Å²) in [4.78, 5) is 13.4. The summed E-state index contributed by atoms with van der Waals surface area (Å²) in [6, 6.07) is 5.68. The van der Waals surface area contributed by atoms with Crippen LogP contribution in [0.25, 0.3) is 0 Å². The van der Waals surface area contributed by atoms with Crippen molar-refractivity contribution in [2.75, 3.05) is 18.9 Å². The Morgan fingerprint density at radius 3 is 2.61 bits per heavy atom. The zero-order valence-electron chi connectivity index (χ0n) is 11.5. The molecule has 0 aliphatic carbocycles. The van der Waals surface area contributed by atoms with Crippen LogP contribution in [-0.4, -0.2) is 35.7 Å². The van der Waals surface area contributed by atoms with Gasteiger partial charge >= 0.3 is 6.03 Å². The van der Waals surface area contributed by atoms with E-state index in [1.165, 1.54) is 5.56 Å². The number of nitrogens with one attached hydrogen (secondary N) is 1. The van der Waals surface area contributed by atoms with Gasteiger partial charge in [0.15, 0.2) is 0 Å². The molecule has 1 unspecified atom stereocenters. The highest BCUT2D eigenvalue weighted by atomic mass is 16.3. The lowest BCUT2D eigenvalue weighted by molar-refractivity contribution is 0.167. The second kappa shape index (κ2) is 6.40. The van der Waals surface area contributed by atoms with Gasteiger partial charge in [-0.15, -0.1) is 0 Å². The fourth-order valence-corrected chi connectivity index (χ4v) is 1.52. The Kier molecular flexibility index (Phi) is 5.16. The van der Waals surface area contributed by atoms with Gasteiger partial charge in [-0.3, -0.25) is 0 Å². The van der Waals surface area contributed by atoms with E-state index in [1.54, 1.807) is 18.9 Å². The molecule has 0 saturated carbocycles. The topological polar surface area (TPSA) is 52.6 Å². The SMILES string of the molecule is Cc1ccc(NC(=O)N(C)CCC(C)O)cc1C. The van der Waals surface area contributed by atoms with Gasteiger partial charge in [0.2, 0.25) is 0 Å². The first-order valence-corrected chi connectivity index (χ1v) is 6.17. The van der Waals surface area contributed by atoms with Gasteiger partial charge in [0.05, 0.1) is 6.10 Å². The minimum atomic E-state index is -0.387. The molecule has 2 N–H and O–H groups in total. The number of hydrogen-bond acceptors (Lipinski definition) is 2. The average molecular weight is 250 g/mol. The predicted molar refractivity (Wildman–Crippen MR) is 73.9 cm³/mol. The quantitative estimate of drug-likeness (QED) is 0.862. The van der Waals surface area contributed by atoms with Crippen LogP contribution in [0.2, 0.25) is 0 Å². The zero-order chi connectivity index (χ0) is 13.7. The zero-order valence-corrected chi connectivity index (χ0v) is 11.5. The number of rotatable bonds is 4. The van der Waals surface area contributed by atoms with Gasteiger partial charge in [0.25, 0.3) is 0 Å². The molecule has 1 aromatic carbocycles. The van der Waals surface area contributed by atoms with Crippen LogP contribution in [0.3, 0.4) is 0 Å². The van der Waals surface area contributed by atoms with Crippen LogP contribution in [0.15, 0.2) is 18.2 Å². The van der Waals surface area contributed by atoms with Crippen LogP contribution in [0.5, 0.6) is 0 Å². The van der Waals surface area contributed by atoms with E-state index in [4.69, 9.17) is 0 Å². The summed E-state index contributed by atoms with van der Waals surface area (Å²) in [7, 11) is 1.72. The number of amides is 2. The molecule has 0 radical (unpaired) electrons. The number of aliphatic hydroxyl groups excluding tert-OH is 1. The largest absolute Gasteiger partial charge is 0.393 e. The molecule has 0 spiro atoms. The third-order valence-corrected chi connectivity index (χ3v) is 2.99. The van der Waals surface area contributed by atoms with Crippen molar-refractivity contribution in [3.8, 4) is 0 Å². The monoisotopic (exact) mass is 250 g/mol. The van der Waals surface area contributed by atoms with Crippen LogP contribution in [-0.2, 0) is 0 Å². The Hall–Kier alpha value is -1.55. The lowest BCUT2D eigenvalue weighted by atomic mass is 10.1. The normalized spacial score (nSPS) is 12.1. The molecular weight excluding hydrogens is 228 g/mol. The van der Waals surface area contributed by atoms with Gasteiger partial charge in [0, 0.05) is 19.3 Å². The number of benzene rings is 1. The third kappa shape index (κ3) is 4.37. The number of anilines is 1. The number of aliphatic hydroxyl groups is 1. The first kappa shape index (κ1) is 14.5. The molecule has 100 valence electrons. The fraction of sp³-hybridized carbons (Fsp3) is 0.500. The average Bonchev–Trinajstić information content (AvgIpc) is 2.30. The van der Waals surface area contributed by atoms with Crippen LogP contribution in [0, 0.1) is 13.8 Å². The summed E-state index contributed by atoms with van der Waals surface area (Å²) < 4.78 is 0. The number of hydrogen-bond donors (Lipinski definition) is 2. The van der Waals surface area contributed by atoms with E-state index in [0.717, 1.165) is 11.3 Å². The summed E-state index contributed by atoms with van der Waals surface area (Å²) in [5.41, 5.74) is 3.15. The number of urea groups is 1. The van der Waals surface area contributed by atoms with E-state index in [2.05, 4.69) is 5.32 Å². The molecule has 0 saturated heterocycles. The molecule has 1 rings (SSSR count). The molecular formula is C14H22N2O2. The first-order chi connectivity index (χ1) is 8.40. The highest BCUT2D eigenvalue weighted by Crippen LogP contribution is 2.14. The Labute approximate surface area is 109 Å². The minimum Gasteiger partial charge on any atom is -0.393 e. The Balaban J connectivity index is 2.55. The van der Waals surface area contributed by atoms with Crippen molar-refractivity contribution >= 4 is 11.7 Å². The fourth-order valence-electron chi connectivity index (χ4n) is 1.52. The number of aryl methyl sites for hydroxylation is 2.